The van der Waals surface area contributed by atoms with Gasteiger partial charge >= 0.3 is 5.97 Å². The fourth-order valence-electron chi connectivity index (χ4n) is 5.92. The van der Waals surface area contributed by atoms with Gasteiger partial charge in [0.15, 0.2) is 0 Å². The predicted octanol–water partition coefficient (Wildman–Crippen LogP) is 5.59. The van der Waals surface area contributed by atoms with Crippen LogP contribution in [0.15, 0.2) is 54.6 Å². The zero-order valence-electron chi connectivity index (χ0n) is 15.6. The highest BCUT2D eigenvalue weighted by Crippen LogP contribution is 2.61. The Morgan fingerprint density at radius 3 is 2.59 bits per heavy atom. The molecule has 2 aromatic carbocycles. The lowest BCUT2D eigenvalue weighted by molar-refractivity contribution is -0.152. The van der Waals surface area contributed by atoms with Gasteiger partial charge < -0.3 is 9.47 Å². The number of carbonyl (C=O) groups is 1. The largest absolute Gasteiger partial charge is 0.461 e. The molecule has 3 fully saturated rings. The number of rotatable bonds is 5. The molecule has 3 saturated carbocycles. The van der Waals surface area contributed by atoms with Crippen molar-refractivity contribution in [1.29, 1.82) is 0 Å². The van der Waals surface area contributed by atoms with Crippen LogP contribution in [0.5, 0.6) is 11.5 Å². The van der Waals surface area contributed by atoms with Gasteiger partial charge in [-0.25, -0.2) is 0 Å². The van der Waals surface area contributed by atoms with Crippen molar-refractivity contribution in [2.24, 2.45) is 29.6 Å². The minimum absolute atomic E-state index is 0.0160. The molecular weight excluding hydrogens is 336 g/mol. The monoisotopic (exact) mass is 362 g/mol. The van der Waals surface area contributed by atoms with Crippen molar-refractivity contribution in [1.82, 2.24) is 0 Å². The molecule has 0 N–H and O–H groups in total. The Hall–Kier alpha value is -2.29. The van der Waals surface area contributed by atoms with Gasteiger partial charge in [-0.3, -0.25) is 4.79 Å². The van der Waals surface area contributed by atoms with Crippen LogP contribution in [-0.4, -0.2) is 5.97 Å². The van der Waals surface area contributed by atoms with E-state index in [-0.39, 0.29) is 11.9 Å². The van der Waals surface area contributed by atoms with Gasteiger partial charge in [-0.15, -0.1) is 0 Å². The maximum atomic E-state index is 12.7. The number of carbonyl (C=O) groups excluding carboxylic acids is 1. The van der Waals surface area contributed by atoms with Gasteiger partial charge in [-0.2, -0.15) is 0 Å². The van der Waals surface area contributed by atoms with Crippen LogP contribution in [0.4, 0.5) is 0 Å². The van der Waals surface area contributed by atoms with Crippen LogP contribution >= 0.6 is 0 Å². The average molecular weight is 362 g/mol. The molecule has 2 aromatic rings. The van der Waals surface area contributed by atoms with Crippen molar-refractivity contribution in [2.75, 3.05) is 0 Å². The zero-order valence-corrected chi connectivity index (χ0v) is 15.6. The van der Waals surface area contributed by atoms with Crippen molar-refractivity contribution in [2.45, 2.75) is 38.7 Å². The van der Waals surface area contributed by atoms with E-state index >= 15 is 0 Å². The minimum atomic E-state index is 0.0160. The van der Waals surface area contributed by atoms with E-state index in [1.54, 1.807) is 0 Å². The molecule has 2 bridgehead atoms. The molecule has 3 nitrogen and oxygen atoms in total. The summed E-state index contributed by atoms with van der Waals surface area (Å²) in [5.74, 6) is 4.80. The average Bonchev–Trinajstić information content (AvgIpc) is 3.40. The lowest BCUT2D eigenvalue weighted by Gasteiger charge is -2.30. The quantitative estimate of drug-likeness (QED) is 0.650. The van der Waals surface area contributed by atoms with Crippen molar-refractivity contribution in [3.8, 4) is 11.5 Å². The highest BCUT2D eigenvalue weighted by molar-refractivity contribution is 5.73. The Kier molecular flexibility index (Phi) is 4.39. The van der Waals surface area contributed by atoms with E-state index in [9.17, 15) is 4.79 Å². The Balaban J connectivity index is 1.19. The molecular formula is C24H26O3. The zero-order chi connectivity index (χ0) is 18.2. The van der Waals surface area contributed by atoms with Crippen LogP contribution in [-0.2, 0) is 16.1 Å². The van der Waals surface area contributed by atoms with E-state index in [4.69, 9.17) is 9.47 Å². The van der Waals surface area contributed by atoms with E-state index in [0.717, 1.165) is 41.2 Å². The number of hydrogen-bond donors (Lipinski definition) is 0. The molecule has 5 rings (SSSR count). The van der Waals surface area contributed by atoms with Crippen LogP contribution in [0, 0.1) is 29.6 Å². The van der Waals surface area contributed by atoms with Gasteiger partial charge in [0.25, 0.3) is 0 Å². The first-order valence-corrected chi connectivity index (χ1v) is 10.3. The molecule has 0 spiro atoms. The van der Waals surface area contributed by atoms with Crippen LogP contribution < -0.4 is 4.74 Å². The first-order valence-electron chi connectivity index (χ1n) is 10.3. The first-order chi connectivity index (χ1) is 13.3. The fourth-order valence-corrected chi connectivity index (χ4v) is 5.92. The summed E-state index contributed by atoms with van der Waals surface area (Å²) in [6, 6.07) is 17.5. The number of fused-ring (bicyclic) bond motifs is 5. The molecule has 3 aliphatic carbocycles. The second kappa shape index (κ2) is 7.03. The topological polar surface area (TPSA) is 35.5 Å². The Morgan fingerprint density at radius 2 is 1.70 bits per heavy atom. The smallest absolute Gasteiger partial charge is 0.309 e. The molecule has 27 heavy (non-hydrogen) atoms. The van der Waals surface area contributed by atoms with E-state index in [0.29, 0.717) is 12.5 Å². The molecule has 5 atom stereocenters. The second-order valence-corrected chi connectivity index (χ2v) is 8.43. The van der Waals surface area contributed by atoms with Gasteiger partial charge in [0.05, 0.1) is 5.92 Å². The summed E-state index contributed by atoms with van der Waals surface area (Å²) in [5.41, 5.74) is 0.971. The van der Waals surface area contributed by atoms with Crippen LogP contribution in [0.1, 0.15) is 37.7 Å². The Labute approximate surface area is 160 Å². The van der Waals surface area contributed by atoms with E-state index in [1.165, 1.54) is 25.7 Å². The minimum Gasteiger partial charge on any atom is -0.461 e. The lowest BCUT2D eigenvalue weighted by atomic mass is 9.76. The molecule has 0 aliphatic heterocycles. The van der Waals surface area contributed by atoms with E-state index in [2.05, 4.69) is 0 Å². The summed E-state index contributed by atoms with van der Waals surface area (Å²) in [6.07, 6.45) is 6.39. The molecule has 0 aromatic heterocycles. The lowest BCUT2D eigenvalue weighted by Crippen LogP contribution is -2.30. The first kappa shape index (κ1) is 16.9. The van der Waals surface area contributed by atoms with Gasteiger partial charge in [-0.1, -0.05) is 36.8 Å². The van der Waals surface area contributed by atoms with E-state index in [1.807, 2.05) is 54.6 Å². The molecule has 0 heterocycles. The summed E-state index contributed by atoms with van der Waals surface area (Å²) >= 11 is 0. The number of para-hydroxylation sites is 1. The number of benzene rings is 2. The SMILES string of the molecule is O=C(OCc1cccc(Oc2ccccc2)c1)C1CC2CC1C1CCCC21. The normalized spacial score (nSPS) is 30.9. The van der Waals surface area contributed by atoms with Gasteiger partial charge in [-0.05, 0) is 79.2 Å². The molecule has 3 heteroatoms. The van der Waals surface area contributed by atoms with Gasteiger partial charge in [0, 0.05) is 0 Å². The third-order valence-electron chi connectivity index (χ3n) is 6.99. The Morgan fingerprint density at radius 1 is 0.889 bits per heavy atom. The maximum absolute atomic E-state index is 12.7. The third-order valence-corrected chi connectivity index (χ3v) is 6.99. The summed E-state index contributed by atoms with van der Waals surface area (Å²) in [5, 5.41) is 0. The van der Waals surface area contributed by atoms with Gasteiger partial charge in [0.1, 0.15) is 18.1 Å². The molecule has 0 amide bonds. The van der Waals surface area contributed by atoms with Crippen molar-refractivity contribution in [3.63, 3.8) is 0 Å². The number of hydrogen-bond acceptors (Lipinski definition) is 3. The predicted molar refractivity (Wildman–Crippen MR) is 103 cm³/mol. The summed E-state index contributed by atoms with van der Waals surface area (Å²) < 4.78 is 11.6. The van der Waals surface area contributed by atoms with Crippen LogP contribution in [0.3, 0.4) is 0 Å². The Bertz CT molecular complexity index is 815. The molecule has 3 aliphatic rings. The number of ether oxygens (including phenoxy) is 2. The highest BCUT2D eigenvalue weighted by Gasteiger charge is 2.56. The summed E-state index contributed by atoms with van der Waals surface area (Å²) in [4.78, 5) is 12.7. The van der Waals surface area contributed by atoms with Gasteiger partial charge in [0.2, 0.25) is 0 Å². The molecule has 0 radical (unpaired) electrons. The number of esters is 1. The summed E-state index contributed by atoms with van der Waals surface area (Å²) in [6.45, 7) is 0.326. The highest BCUT2D eigenvalue weighted by atomic mass is 16.5. The summed E-state index contributed by atoms with van der Waals surface area (Å²) in [7, 11) is 0. The second-order valence-electron chi connectivity index (χ2n) is 8.43. The molecule has 5 unspecified atom stereocenters. The van der Waals surface area contributed by atoms with Crippen molar-refractivity contribution >= 4 is 5.97 Å². The maximum Gasteiger partial charge on any atom is 0.309 e. The van der Waals surface area contributed by atoms with Crippen LogP contribution in [0.2, 0.25) is 0 Å². The molecule has 0 saturated heterocycles. The standard InChI is InChI=1S/C24H26O3/c25-24(23-14-17-13-22(23)21-11-5-10-20(17)21)26-15-16-6-4-9-19(12-16)27-18-7-2-1-3-8-18/h1-4,6-9,12,17,20-23H,5,10-11,13-15H2. The van der Waals surface area contributed by atoms with Crippen molar-refractivity contribution < 1.29 is 14.3 Å². The molecule has 140 valence electrons. The van der Waals surface area contributed by atoms with Crippen molar-refractivity contribution in [3.05, 3.63) is 60.2 Å². The third kappa shape index (κ3) is 3.24. The van der Waals surface area contributed by atoms with Crippen LogP contribution in [0.25, 0.3) is 0 Å². The van der Waals surface area contributed by atoms with E-state index < -0.39 is 0 Å². The fraction of sp³-hybridized carbons (Fsp3) is 0.458.